The van der Waals surface area contributed by atoms with Gasteiger partial charge in [-0.25, -0.2) is 15.0 Å². The molecule has 7 nitrogen and oxygen atoms in total. The molecule has 0 fully saturated rings. The number of aryl methyl sites for hydroxylation is 2. The summed E-state index contributed by atoms with van der Waals surface area (Å²) in [6.07, 6.45) is 3.17. The molecule has 0 aromatic carbocycles. The molecule has 0 spiro atoms. The SMILES string of the molecule is CCCC(=O)NCCNc1cc(Nc2cc(C)ccn2)nc(C)n1. The van der Waals surface area contributed by atoms with Gasteiger partial charge in [0.2, 0.25) is 5.91 Å². The molecule has 128 valence electrons. The molecule has 0 saturated carbocycles. The second-order valence-electron chi connectivity index (χ2n) is 5.56. The van der Waals surface area contributed by atoms with Crippen molar-refractivity contribution >= 4 is 23.4 Å². The summed E-state index contributed by atoms with van der Waals surface area (Å²) in [6, 6.07) is 5.72. The number of nitrogens with one attached hydrogen (secondary N) is 3. The number of carbonyl (C=O) groups is 1. The minimum atomic E-state index is 0.0750. The highest BCUT2D eigenvalue weighted by Gasteiger charge is 2.04. The Kier molecular flexibility index (Phi) is 6.48. The Labute approximate surface area is 142 Å². The number of hydrogen-bond donors (Lipinski definition) is 3. The average Bonchev–Trinajstić information content (AvgIpc) is 2.51. The van der Waals surface area contributed by atoms with Crippen molar-refractivity contribution in [2.45, 2.75) is 33.6 Å². The molecule has 0 bridgehead atoms. The molecule has 0 aliphatic carbocycles. The van der Waals surface area contributed by atoms with Crippen molar-refractivity contribution in [3.8, 4) is 0 Å². The molecule has 0 saturated heterocycles. The number of pyridine rings is 1. The summed E-state index contributed by atoms with van der Waals surface area (Å²) in [5, 5.41) is 9.23. The standard InChI is InChI=1S/C17H24N6O/c1-4-5-17(24)20-9-8-19-15-11-16(22-13(3)21-15)23-14-10-12(2)6-7-18-14/h6-7,10-11H,4-5,8-9H2,1-3H3,(H,20,24)(H2,18,19,21,22,23). The van der Waals surface area contributed by atoms with Gasteiger partial charge in [-0.2, -0.15) is 0 Å². The number of nitrogens with zero attached hydrogens (tertiary/aromatic N) is 3. The highest BCUT2D eigenvalue weighted by Crippen LogP contribution is 2.16. The first-order chi connectivity index (χ1) is 11.6. The molecule has 1 amide bonds. The smallest absolute Gasteiger partial charge is 0.220 e. The second-order valence-corrected chi connectivity index (χ2v) is 5.56. The third-order valence-electron chi connectivity index (χ3n) is 3.24. The van der Waals surface area contributed by atoms with Gasteiger partial charge in [0, 0.05) is 31.8 Å². The van der Waals surface area contributed by atoms with E-state index in [1.54, 1.807) is 6.20 Å². The van der Waals surface area contributed by atoms with Gasteiger partial charge in [-0.05, 0) is 38.0 Å². The molecule has 0 radical (unpaired) electrons. The maximum atomic E-state index is 11.4. The van der Waals surface area contributed by atoms with E-state index < -0.39 is 0 Å². The minimum absolute atomic E-state index is 0.0750. The molecule has 2 aromatic heterocycles. The minimum Gasteiger partial charge on any atom is -0.368 e. The van der Waals surface area contributed by atoms with Gasteiger partial charge < -0.3 is 16.0 Å². The number of aromatic nitrogens is 3. The first-order valence-corrected chi connectivity index (χ1v) is 8.12. The summed E-state index contributed by atoms with van der Waals surface area (Å²) in [7, 11) is 0. The van der Waals surface area contributed by atoms with E-state index in [9.17, 15) is 4.79 Å². The largest absolute Gasteiger partial charge is 0.368 e. The number of anilines is 3. The quantitative estimate of drug-likeness (QED) is 0.645. The summed E-state index contributed by atoms with van der Waals surface area (Å²) in [6.45, 7) is 7.00. The molecular formula is C17H24N6O. The maximum Gasteiger partial charge on any atom is 0.220 e. The summed E-state index contributed by atoms with van der Waals surface area (Å²) < 4.78 is 0. The summed E-state index contributed by atoms with van der Waals surface area (Å²) >= 11 is 0. The van der Waals surface area contributed by atoms with E-state index in [1.165, 1.54) is 0 Å². The van der Waals surface area contributed by atoms with Gasteiger partial charge in [-0.1, -0.05) is 6.92 Å². The van der Waals surface area contributed by atoms with E-state index >= 15 is 0 Å². The molecule has 7 heteroatoms. The van der Waals surface area contributed by atoms with Gasteiger partial charge in [0.15, 0.2) is 0 Å². The molecule has 0 unspecified atom stereocenters. The van der Waals surface area contributed by atoms with Crippen LogP contribution < -0.4 is 16.0 Å². The van der Waals surface area contributed by atoms with Crippen molar-refractivity contribution in [3.05, 3.63) is 35.8 Å². The predicted octanol–water partition coefficient (Wildman–Crippen LogP) is 2.56. The van der Waals surface area contributed by atoms with Gasteiger partial charge in [0.05, 0.1) is 0 Å². The van der Waals surface area contributed by atoms with Crippen LogP contribution in [0.4, 0.5) is 17.5 Å². The Morgan fingerprint density at radius 3 is 2.62 bits per heavy atom. The lowest BCUT2D eigenvalue weighted by Crippen LogP contribution is -2.28. The highest BCUT2D eigenvalue weighted by atomic mass is 16.1. The Hall–Kier alpha value is -2.70. The third kappa shape index (κ3) is 5.83. The number of amides is 1. The zero-order valence-electron chi connectivity index (χ0n) is 14.4. The fourth-order valence-corrected chi connectivity index (χ4v) is 2.17. The number of carbonyl (C=O) groups excluding carboxylic acids is 1. The van der Waals surface area contributed by atoms with E-state index in [1.807, 2.05) is 39.0 Å². The van der Waals surface area contributed by atoms with E-state index in [0.717, 1.165) is 17.8 Å². The van der Waals surface area contributed by atoms with Crippen LogP contribution in [0.3, 0.4) is 0 Å². The van der Waals surface area contributed by atoms with E-state index in [0.29, 0.717) is 37.0 Å². The van der Waals surface area contributed by atoms with Gasteiger partial charge in [-0.15, -0.1) is 0 Å². The number of rotatable bonds is 8. The molecule has 24 heavy (non-hydrogen) atoms. The van der Waals surface area contributed by atoms with Gasteiger partial charge in [-0.3, -0.25) is 4.79 Å². The lowest BCUT2D eigenvalue weighted by molar-refractivity contribution is -0.121. The van der Waals surface area contributed by atoms with Crippen molar-refractivity contribution in [1.29, 1.82) is 0 Å². The maximum absolute atomic E-state index is 11.4. The summed E-state index contributed by atoms with van der Waals surface area (Å²) in [5.74, 6) is 2.86. The highest BCUT2D eigenvalue weighted by molar-refractivity contribution is 5.75. The van der Waals surface area contributed by atoms with Crippen LogP contribution in [-0.2, 0) is 4.79 Å². The van der Waals surface area contributed by atoms with E-state index in [2.05, 4.69) is 30.9 Å². The zero-order chi connectivity index (χ0) is 17.4. The van der Waals surface area contributed by atoms with Crippen molar-refractivity contribution < 1.29 is 4.79 Å². The molecule has 0 aliphatic rings. The van der Waals surface area contributed by atoms with E-state index in [-0.39, 0.29) is 5.91 Å². The molecule has 2 rings (SSSR count). The molecule has 0 atom stereocenters. The zero-order valence-corrected chi connectivity index (χ0v) is 14.4. The number of hydrogen-bond acceptors (Lipinski definition) is 6. The van der Waals surface area contributed by atoms with Crippen molar-refractivity contribution in [3.63, 3.8) is 0 Å². The lowest BCUT2D eigenvalue weighted by atomic mass is 10.3. The third-order valence-corrected chi connectivity index (χ3v) is 3.24. The van der Waals surface area contributed by atoms with Crippen molar-refractivity contribution in [2.24, 2.45) is 0 Å². The Morgan fingerprint density at radius 2 is 1.88 bits per heavy atom. The molecule has 0 aliphatic heterocycles. The van der Waals surface area contributed by atoms with Crippen LogP contribution in [0.25, 0.3) is 0 Å². The fraction of sp³-hybridized carbons (Fsp3) is 0.412. The average molecular weight is 328 g/mol. The summed E-state index contributed by atoms with van der Waals surface area (Å²) in [5.41, 5.74) is 1.12. The van der Waals surface area contributed by atoms with Gasteiger partial charge >= 0.3 is 0 Å². The van der Waals surface area contributed by atoms with Crippen LogP contribution in [0.1, 0.15) is 31.2 Å². The van der Waals surface area contributed by atoms with Gasteiger partial charge in [0.1, 0.15) is 23.3 Å². The van der Waals surface area contributed by atoms with Crippen LogP contribution in [-0.4, -0.2) is 33.9 Å². The Morgan fingerprint density at radius 1 is 1.08 bits per heavy atom. The van der Waals surface area contributed by atoms with Crippen molar-refractivity contribution in [2.75, 3.05) is 23.7 Å². The van der Waals surface area contributed by atoms with Crippen LogP contribution >= 0.6 is 0 Å². The molecule has 2 heterocycles. The molecule has 3 N–H and O–H groups in total. The van der Waals surface area contributed by atoms with Crippen LogP contribution in [0.5, 0.6) is 0 Å². The van der Waals surface area contributed by atoms with E-state index in [4.69, 9.17) is 0 Å². The Bertz CT molecular complexity index is 689. The van der Waals surface area contributed by atoms with Crippen LogP contribution in [0.15, 0.2) is 24.4 Å². The normalized spacial score (nSPS) is 10.3. The first-order valence-electron chi connectivity index (χ1n) is 8.12. The van der Waals surface area contributed by atoms with Crippen LogP contribution in [0, 0.1) is 13.8 Å². The monoisotopic (exact) mass is 328 g/mol. The predicted molar refractivity (Wildman–Crippen MR) is 95.4 cm³/mol. The van der Waals surface area contributed by atoms with Crippen molar-refractivity contribution in [1.82, 2.24) is 20.3 Å². The first kappa shape index (κ1) is 17.7. The van der Waals surface area contributed by atoms with Crippen LogP contribution in [0.2, 0.25) is 0 Å². The van der Waals surface area contributed by atoms with Gasteiger partial charge in [0.25, 0.3) is 0 Å². The molecular weight excluding hydrogens is 304 g/mol. The molecule has 2 aromatic rings. The fourth-order valence-electron chi connectivity index (χ4n) is 2.17. The topological polar surface area (TPSA) is 91.8 Å². The summed E-state index contributed by atoms with van der Waals surface area (Å²) in [4.78, 5) is 24.4. The Balaban J connectivity index is 1.92. The second kappa shape index (κ2) is 8.81. The lowest BCUT2D eigenvalue weighted by Gasteiger charge is -2.10.